The lowest BCUT2D eigenvalue weighted by atomic mass is 9.93. The number of benzene rings is 3. The van der Waals surface area contributed by atoms with Gasteiger partial charge in [-0.15, -0.1) is 0 Å². The first-order chi connectivity index (χ1) is 20.1. The Morgan fingerprint density at radius 1 is 0.976 bits per heavy atom. The summed E-state index contributed by atoms with van der Waals surface area (Å²) in [5.41, 5.74) is 3.00. The van der Waals surface area contributed by atoms with Gasteiger partial charge in [0.15, 0.2) is 0 Å². The van der Waals surface area contributed by atoms with E-state index < -0.39 is 29.7 Å². The maximum absolute atomic E-state index is 13.2. The first-order valence-electron chi connectivity index (χ1n) is 13.1. The first-order valence-corrected chi connectivity index (χ1v) is 14.5. The summed E-state index contributed by atoms with van der Waals surface area (Å²) < 4.78 is 50.8. The van der Waals surface area contributed by atoms with Crippen LogP contribution in [0.5, 0.6) is 0 Å². The maximum atomic E-state index is 13.2. The van der Waals surface area contributed by atoms with Crippen molar-refractivity contribution in [3.63, 3.8) is 0 Å². The van der Waals surface area contributed by atoms with Gasteiger partial charge in [0.25, 0.3) is 5.91 Å². The molecule has 3 aromatic carbocycles. The SMILES string of the molecule is CSCC[C@H](NC(=O)c1ccc(COCc2ccc(-c3cccc(C(F)(F)F)c3)o2)cc1-c1ccccc1C)C(=O)[O-]. The number of halogens is 3. The molecular weight excluding hydrogens is 567 g/mol. The maximum Gasteiger partial charge on any atom is 0.416 e. The Hall–Kier alpha value is -4.02. The molecule has 0 bridgehead atoms. The van der Waals surface area contributed by atoms with E-state index in [0.29, 0.717) is 34.0 Å². The molecule has 6 nitrogen and oxygen atoms in total. The molecule has 10 heteroatoms. The molecule has 0 radical (unpaired) electrons. The van der Waals surface area contributed by atoms with Crippen molar-refractivity contribution in [1.29, 1.82) is 0 Å². The molecule has 220 valence electrons. The smallest absolute Gasteiger partial charge is 0.416 e. The Balaban J connectivity index is 1.50. The highest BCUT2D eigenvalue weighted by molar-refractivity contribution is 7.98. The Morgan fingerprint density at radius 2 is 1.76 bits per heavy atom. The van der Waals surface area contributed by atoms with Crippen LogP contribution in [0.2, 0.25) is 0 Å². The summed E-state index contributed by atoms with van der Waals surface area (Å²) in [6, 6.07) is 19.8. The average molecular weight is 597 g/mol. The molecule has 0 fully saturated rings. The summed E-state index contributed by atoms with van der Waals surface area (Å²) >= 11 is 1.48. The molecule has 0 saturated heterocycles. The number of aliphatic carboxylic acids is 1. The predicted octanol–water partition coefficient (Wildman–Crippen LogP) is 6.26. The number of furan rings is 1. The summed E-state index contributed by atoms with van der Waals surface area (Å²) in [4.78, 5) is 24.8. The monoisotopic (exact) mass is 596 g/mol. The van der Waals surface area contributed by atoms with E-state index in [1.165, 1.54) is 17.8 Å². The molecule has 0 spiro atoms. The van der Waals surface area contributed by atoms with Crippen LogP contribution < -0.4 is 10.4 Å². The summed E-state index contributed by atoms with van der Waals surface area (Å²) in [5.74, 6) is -0.570. The van der Waals surface area contributed by atoms with Crippen LogP contribution in [0.15, 0.2) is 83.3 Å². The molecule has 1 N–H and O–H groups in total. The lowest BCUT2D eigenvalue weighted by Gasteiger charge is -2.21. The van der Waals surface area contributed by atoms with Gasteiger partial charge in [-0.3, -0.25) is 4.79 Å². The standard InChI is InChI=1S/C32H30F3NO5S/c1-20-6-3-4-9-25(20)27-16-21(10-12-26(27)30(37)36-28(31(38)39)14-15-42-2)18-40-19-24-11-13-29(41-24)22-7-5-8-23(17-22)32(33,34)35/h3-13,16-17,28H,14-15,18-19H2,1-2H3,(H,36,37)(H,38,39)/p-1/t28-/m0/s1. The number of carbonyl (C=O) groups is 2. The molecule has 42 heavy (non-hydrogen) atoms. The van der Waals surface area contributed by atoms with E-state index in [1.54, 1.807) is 30.3 Å². The highest BCUT2D eigenvalue weighted by Crippen LogP contribution is 2.33. The molecule has 0 aliphatic rings. The number of thioether (sulfide) groups is 1. The van der Waals surface area contributed by atoms with Crippen molar-refractivity contribution in [1.82, 2.24) is 5.32 Å². The van der Waals surface area contributed by atoms with Crippen LogP contribution in [0.25, 0.3) is 22.5 Å². The molecule has 4 rings (SSSR count). The van der Waals surface area contributed by atoms with Gasteiger partial charge in [-0.1, -0.05) is 42.5 Å². The first kappa shape index (κ1) is 30.9. The molecule has 0 unspecified atom stereocenters. The van der Waals surface area contributed by atoms with Crippen LogP contribution in [0.3, 0.4) is 0 Å². The number of amides is 1. The summed E-state index contributed by atoms with van der Waals surface area (Å²) in [7, 11) is 0. The summed E-state index contributed by atoms with van der Waals surface area (Å²) in [6.45, 7) is 2.15. The Bertz CT molecular complexity index is 1550. The number of rotatable bonds is 12. The zero-order valence-electron chi connectivity index (χ0n) is 23.0. The zero-order chi connectivity index (χ0) is 30.3. The molecule has 1 heterocycles. The van der Waals surface area contributed by atoms with Crippen LogP contribution in [-0.4, -0.2) is 29.9 Å². The van der Waals surface area contributed by atoms with Gasteiger partial charge in [0, 0.05) is 11.1 Å². The van der Waals surface area contributed by atoms with E-state index in [9.17, 15) is 27.9 Å². The molecule has 0 aliphatic heterocycles. The molecule has 1 atom stereocenters. The van der Waals surface area contributed by atoms with Gasteiger partial charge in [-0.25, -0.2) is 0 Å². The van der Waals surface area contributed by atoms with Crippen molar-refractivity contribution < 1.29 is 37.0 Å². The third-order valence-corrected chi connectivity index (χ3v) is 7.26. The fourth-order valence-electron chi connectivity index (χ4n) is 4.43. The number of carboxylic acid groups (broad SMARTS) is 1. The third kappa shape index (κ3) is 7.83. The van der Waals surface area contributed by atoms with E-state index >= 15 is 0 Å². The van der Waals surface area contributed by atoms with Gasteiger partial charge in [-0.2, -0.15) is 24.9 Å². The number of carboxylic acids is 1. The molecule has 4 aromatic rings. The Labute approximate surface area is 245 Å². The predicted molar refractivity (Wildman–Crippen MR) is 154 cm³/mol. The fraction of sp³-hybridized carbons (Fsp3) is 0.250. The largest absolute Gasteiger partial charge is 0.548 e. The van der Waals surface area contributed by atoms with Crippen molar-refractivity contribution in [2.75, 3.05) is 12.0 Å². The number of ether oxygens (including phenoxy) is 1. The van der Waals surface area contributed by atoms with Crippen molar-refractivity contribution in [3.8, 4) is 22.5 Å². The lowest BCUT2D eigenvalue weighted by molar-refractivity contribution is -0.308. The van der Waals surface area contributed by atoms with Crippen LogP contribution in [-0.2, 0) is 28.9 Å². The number of hydrogen-bond donors (Lipinski definition) is 1. The van der Waals surface area contributed by atoms with Crippen molar-refractivity contribution in [2.24, 2.45) is 0 Å². The fourth-order valence-corrected chi connectivity index (χ4v) is 4.90. The molecule has 1 amide bonds. The molecule has 1 aromatic heterocycles. The topological polar surface area (TPSA) is 91.6 Å². The minimum Gasteiger partial charge on any atom is -0.548 e. The van der Waals surface area contributed by atoms with E-state index in [4.69, 9.17) is 9.15 Å². The van der Waals surface area contributed by atoms with E-state index in [-0.39, 0.29) is 19.6 Å². The number of alkyl halides is 3. The normalized spacial score (nSPS) is 12.2. The van der Waals surface area contributed by atoms with Crippen molar-refractivity contribution in [3.05, 3.63) is 107 Å². The van der Waals surface area contributed by atoms with Crippen LogP contribution in [0.1, 0.15) is 39.2 Å². The number of nitrogens with one attached hydrogen (secondary N) is 1. The second-order valence-electron chi connectivity index (χ2n) is 9.66. The van der Waals surface area contributed by atoms with Gasteiger partial charge >= 0.3 is 6.18 Å². The Morgan fingerprint density at radius 3 is 2.48 bits per heavy atom. The highest BCUT2D eigenvalue weighted by Gasteiger charge is 2.30. The van der Waals surface area contributed by atoms with Gasteiger partial charge in [0.2, 0.25) is 0 Å². The minimum atomic E-state index is -4.45. The van der Waals surface area contributed by atoms with E-state index in [1.807, 2.05) is 43.5 Å². The van der Waals surface area contributed by atoms with E-state index in [2.05, 4.69) is 5.32 Å². The van der Waals surface area contributed by atoms with E-state index in [0.717, 1.165) is 28.8 Å². The quantitative estimate of drug-likeness (QED) is 0.208. The lowest BCUT2D eigenvalue weighted by Crippen LogP contribution is -2.48. The van der Waals surface area contributed by atoms with Crippen molar-refractivity contribution >= 4 is 23.6 Å². The highest BCUT2D eigenvalue weighted by atomic mass is 32.2. The summed E-state index contributed by atoms with van der Waals surface area (Å²) in [6.07, 6.45) is -2.36. The second-order valence-corrected chi connectivity index (χ2v) is 10.6. The zero-order valence-corrected chi connectivity index (χ0v) is 23.8. The molecule has 0 saturated carbocycles. The minimum absolute atomic E-state index is 0.0730. The average Bonchev–Trinajstić information content (AvgIpc) is 3.44. The number of aryl methyl sites for hydroxylation is 1. The third-order valence-electron chi connectivity index (χ3n) is 6.61. The number of carbonyl (C=O) groups excluding carboxylic acids is 2. The van der Waals surface area contributed by atoms with Crippen LogP contribution >= 0.6 is 11.8 Å². The van der Waals surface area contributed by atoms with Gasteiger partial charge < -0.3 is 24.4 Å². The van der Waals surface area contributed by atoms with Crippen LogP contribution in [0, 0.1) is 6.92 Å². The van der Waals surface area contributed by atoms with Crippen molar-refractivity contribution in [2.45, 2.75) is 38.8 Å². The molecule has 0 aliphatic carbocycles. The molecular formula is C32H29F3NO5S-. The van der Waals surface area contributed by atoms with Gasteiger partial charge in [0.05, 0.1) is 24.2 Å². The second kappa shape index (κ2) is 13.8. The Kier molecular flexibility index (Phi) is 10.1. The summed E-state index contributed by atoms with van der Waals surface area (Å²) in [5, 5.41) is 14.2. The number of hydrogen-bond acceptors (Lipinski definition) is 6. The van der Waals surface area contributed by atoms with Gasteiger partial charge in [0.1, 0.15) is 18.1 Å². The van der Waals surface area contributed by atoms with Crippen LogP contribution in [0.4, 0.5) is 13.2 Å². The van der Waals surface area contributed by atoms with Gasteiger partial charge in [-0.05, 0) is 84.0 Å².